The van der Waals surface area contributed by atoms with Crippen LogP contribution in [0.4, 0.5) is 14.9 Å². The molecule has 1 fully saturated rings. The molecule has 1 aliphatic heterocycles. The molecule has 1 aromatic heterocycles. The van der Waals surface area contributed by atoms with E-state index in [2.05, 4.69) is 5.32 Å². The Morgan fingerprint density at radius 2 is 2.10 bits per heavy atom. The van der Waals surface area contributed by atoms with Crippen LogP contribution < -0.4 is 10.1 Å². The standard InChI is InChI=1S/C21H23FN2O4S/c1-12-20(14-8-9-29-19(14)11-24(12)21(26)27)23-15-7-6-13(22)10-18(15)28-17-5-3-2-4-16(17)25/h6-10,16-17,23,25H,2-5,11H2,1H3,(H,26,27)/t16-,17-/m0/s1. The highest BCUT2D eigenvalue weighted by molar-refractivity contribution is 7.10. The highest BCUT2D eigenvalue weighted by Crippen LogP contribution is 2.38. The van der Waals surface area contributed by atoms with Crippen molar-refractivity contribution in [2.75, 3.05) is 5.32 Å². The molecule has 2 heterocycles. The number of thiophene rings is 1. The van der Waals surface area contributed by atoms with Crippen LogP contribution in [0, 0.1) is 5.82 Å². The maximum absolute atomic E-state index is 13.9. The molecule has 154 valence electrons. The summed E-state index contributed by atoms with van der Waals surface area (Å²) in [5.74, 6) is -0.131. The van der Waals surface area contributed by atoms with Crippen molar-refractivity contribution in [3.8, 4) is 5.75 Å². The number of hydrogen-bond donors (Lipinski definition) is 3. The topological polar surface area (TPSA) is 82.0 Å². The third-order valence-corrected chi connectivity index (χ3v) is 6.37. The molecular weight excluding hydrogens is 395 g/mol. The molecule has 3 N–H and O–H groups in total. The lowest BCUT2D eigenvalue weighted by Crippen LogP contribution is -2.35. The highest BCUT2D eigenvalue weighted by Gasteiger charge is 2.29. The number of hydrogen-bond acceptors (Lipinski definition) is 5. The Kier molecular flexibility index (Phi) is 5.47. The van der Waals surface area contributed by atoms with Crippen LogP contribution in [0.5, 0.6) is 5.75 Å². The third-order valence-electron chi connectivity index (χ3n) is 5.46. The lowest BCUT2D eigenvalue weighted by atomic mass is 9.95. The summed E-state index contributed by atoms with van der Waals surface area (Å²) in [7, 11) is 0. The molecule has 1 amide bonds. The van der Waals surface area contributed by atoms with Crippen molar-refractivity contribution in [2.45, 2.75) is 51.4 Å². The first-order valence-corrected chi connectivity index (χ1v) is 10.5. The van der Waals surface area contributed by atoms with E-state index in [0.29, 0.717) is 42.2 Å². The van der Waals surface area contributed by atoms with Gasteiger partial charge in [-0.05, 0) is 49.8 Å². The van der Waals surface area contributed by atoms with Crippen LogP contribution in [0.15, 0.2) is 35.3 Å². The van der Waals surface area contributed by atoms with Gasteiger partial charge in [0.15, 0.2) is 0 Å². The second-order valence-corrected chi connectivity index (χ2v) is 8.36. The van der Waals surface area contributed by atoms with Gasteiger partial charge < -0.3 is 20.3 Å². The van der Waals surface area contributed by atoms with Gasteiger partial charge in [-0.1, -0.05) is 6.42 Å². The van der Waals surface area contributed by atoms with Crippen LogP contribution in [-0.2, 0) is 6.54 Å². The van der Waals surface area contributed by atoms with Crippen molar-refractivity contribution in [2.24, 2.45) is 0 Å². The zero-order valence-corrected chi connectivity index (χ0v) is 16.8. The van der Waals surface area contributed by atoms with Gasteiger partial charge in [-0.15, -0.1) is 11.3 Å². The Balaban J connectivity index is 1.68. The molecule has 0 saturated heterocycles. The smallest absolute Gasteiger partial charge is 0.411 e. The number of anilines is 1. The second kappa shape index (κ2) is 8.04. The maximum atomic E-state index is 13.9. The van der Waals surface area contributed by atoms with Crippen molar-refractivity contribution in [3.05, 3.63) is 51.6 Å². The number of nitrogens with zero attached hydrogens (tertiary/aromatic N) is 1. The van der Waals surface area contributed by atoms with Gasteiger partial charge in [-0.25, -0.2) is 9.18 Å². The van der Waals surface area contributed by atoms with Gasteiger partial charge in [-0.2, -0.15) is 0 Å². The molecule has 1 aromatic carbocycles. The van der Waals surface area contributed by atoms with Crippen molar-refractivity contribution < 1.29 is 24.1 Å². The molecule has 2 atom stereocenters. The van der Waals surface area contributed by atoms with E-state index in [0.717, 1.165) is 23.3 Å². The van der Waals surface area contributed by atoms with Crippen LogP contribution >= 0.6 is 11.3 Å². The van der Waals surface area contributed by atoms with Gasteiger partial charge in [0.25, 0.3) is 0 Å². The summed E-state index contributed by atoms with van der Waals surface area (Å²) < 4.78 is 19.9. The maximum Gasteiger partial charge on any atom is 0.411 e. The first-order valence-electron chi connectivity index (χ1n) is 9.63. The summed E-state index contributed by atoms with van der Waals surface area (Å²) in [5, 5.41) is 25.0. The number of allylic oxidation sites excluding steroid dienone is 1. The minimum atomic E-state index is -1.03. The molecule has 0 unspecified atom stereocenters. The number of aliphatic hydroxyl groups is 1. The largest absolute Gasteiger partial charge is 0.485 e. The number of nitrogens with one attached hydrogen (secondary N) is 1. The molecule has 0 radical (unpaired) electrons. The highest BCUT2D eigenvalue weighted by atomic mass is 32.1. The number of halogens is 1. The molecule has 0 spiro atoms. The summed E-state index contributed by atoms with van der Waals surface area (Å²) in [6, 6.07) is 6.15. The normalized spacial score (nSPS) is 21.7. The van der Waals surface area contributed by atoms with Crippen molar-refractivity contribution in [1.29, 1.82) is 0 Å². The zero-order valence-electron chi connectivity index (χ0n) is 16.0. The third kappa shape index (κ3) is 3.95. The van der Waals surface area contributed by atoms with Crippen LogP contribution in [0.1, 0.15) is 43.0 Å². The number of amides is 1. The van der Waals surface area contributed by atoms with Crippen LogP contribution in [-0.4, -0.2) is 33.4 Å². The molecule has 6 nitrogen and oxygen atoms in total. The Labute approximate surface area is 172 Å². The summed E-state index contributed by atoms with van der Waals surface area (Å²) in [5.41, 5.74) is 2.67. The van der Waals surface area contributed by atoms with Gasteiger partial charge in [0.1, 0.15) is 17.7 Å². The van der Waals surface area contributed by atoms with E-state index in [1.54, 1.807) is 13.0 Å². The quantitative estimate of drug-likeness (QED) is 0.660. The SMILES string of the molecule is CC1=C(Nc2ccc(F)cc2O[C@H]2CCCC[C@@H]2O)c2ccsc2CN1C(=O)O. The Hall–Kier alpha value is -2.58. The van der Waals surface area contributed by atoms with E-state index < -0.39 is 18.0 Å². The van der Waals surface area contributed by atoms with E-state index in [9.17, 15) is 19.4 Å². The van der Waals surface area contributed by atoms with Crippen LogP contribution in [0.2, 0.25) is 0 Å². The Bertz CT molecular complexity index is 958. The molecule has 2 aliphatic rings. The number of ether oxygens (including phenoxy) is 1. The van der Waals surface area contributed by atoms with Crippen LogP contribution in [0.25, 0.3) is 5.70 Å². The minimum absolute atomic E-state index is 0.306. The second-order valence-electron chi connectivity index (χ2n) is 7.36. The predicted molar refractivity (Wildman–Crippen MR) is 109 cm³/mol. The summed E-state index contributed by atoms with van der Waals surface area (Å²) in [6.07, 6.45) is 1.28. The number of fused-ring (bicyclic) bond motifs is 1. The molecule has 29 heavy (non-hydrogen) atoms. The number of aliphatic hydroxyl groups excluding tert-OH is 1. The Morgan fingerprint density at radius 3 is 2.86 bits per heavy atom. The van der Waals surface area contributed by atoms with E-state index in [-0.39, 0.29) is 6.10 Å². The van der Waals surface area contributed by atoms with Gasteiger partial charge in [-0.3, -0.25) is 4.90 Å². The van der Waals surface area contributed by atoms with Gasteiger partial charge in [0.05, 0.1) is 24.0 Å². The average Bonchev–Trinajstić information content (AvgIpc) is 3.15. The number of carbonyl (C=O) groups is 1. The van der Waals surface area contributed by atoms with Gasteiger partial charge in [0.2, 0.25) is 0 Å². The number of rotatable bonds is 4. The van der Waals surface area contributed by atoms with E-state index in [1.807, 2.05) is 11.4 Å². The Morgan fingerprint density at radius 1 is 1.31 bits per heavy atom. The molecule has 2 aromatic rings. The molecule has 8 heteroatoms. The fraction of sp³-hybridized carbons (Fsp3) is 0.381. The first-order chi connectivity index (χ1) is 13.9. The molecule has 1 saturated carbocycles. The predicted octanol–water partition coefficient (Wildman–Crippen LogP) is 4.86. The monoisotopic (exact) mass is 418 g/mol. The zero-order chi connectivity index (χ0) is 20.5. The first kappa shape index (κ1) is 19.7. The van der Waals surface area contributed by atoms with Crippen molar-refractivity contribution >= 4 is 28.8 Å². The van der Waals surface area contributed by atoms with Crippen LogP contribution in [0.3, 0.4) is 0 Å². The lowest BCUT2D eigenvalue weighted by molar-refractivity contribution is 0.00712. The molecular formula is C21H23FN2O4S. The van der Waals surface area contributed by atoms with Crippen molar-refractivity contribution in [3.63, 3.8) is 0 Å². The van der Waals surface area contributed by atoms with E-state index in [1.165, 1.54) is 28.4 Å². The summed E-state index contributed by atoms with van der Waals surface area (Å²) >= 11 is 1.49. The molecule has 4 rings (SSSR count). The lowest BCUT2D eigenvalue weighted by Gasteiger charge is -2.31. The number of carboxylic acid groups (broad SMARTS) is 1. The van der Waals surface area contributed by atoms with Crippen molar-refractivity contribution in [1.82, 2.24) is 4.90 Å². The minimum Gasteiger partial charge on any atom is -0.485 e. The van der Waals surface area contributed by atoms with Gasteiger partial charge >= 0.3 is 6.09 Å². The number of benzene rings is 1. The fourth-order valence-electron chi connectivity index (χ4n) is 3.86. The molecule has 1 aliphatic carbocycles. The fourth-order valence-corrected chi connectivity index (χ4v) is 4.73. The average molecular weight is 418 g/mol. The van der Waals surface area contributed by atoms with E-state index >= 15 is 0 Å². The molecule has 0 bridgehead atoms. The summed E-state index contributed by atoms with van der Waals surface area (Å²) in [6.45, 7) is 2.05. The van der Waals surface area contributed by atoms with E-state index in [4.69, 9.17) is 4.74 Å². The summed E-state index contributed by atoms with van der Waals surface area (Å²) in [4.78, 5) is 13.9. The van der Waals surface area contributed by atoms with Gasteiger partial charge in [0, 0.05) is 22.2 Å².